The van der Waals surface area contributed by atoms with Crippen LogP contribution >= 0.6 is 0 Å². The quantitative estimate of drug-likeness (QED) is 0.218. The molecule has 2 heterocycles. The number of amides is 1. The lowest BCUT2D eigenvalue weighted by atomic mass is 9.95. The molecule has 2 aliphatic heterocycles. The molecule has 2 fully saturated rings. The third-order valence-corrected chi connectivity index (χ3v) is 4.35. The predicted molar refractivity (Wildman–Crippen MR) is 80.8 cm³/mol. The van der Waals surface area contributed by atoms with Crippen LogP contribution in [0.2, 0.25) is 0 Å². The summed E-state index contributed by atoms with van der Waals surface area (Å²) in [5.41, 5.74) is 0. The summed E-state index contributed by atoms with van der Waals surface area (Å²) in [6.07, 6.45) is -15.7. The number of carbonyl (C=O) groups excluding carboxylic acids is 1. The number of nitrogens with one attached hydrogen (secondary N) is 1. The molecule has 0 radical (unpaired) electrons. The Kier molecular flexibility index (Phi) is 7.07. The Morgan fingerprint density at radius 1 is 1.00 bits per heavy atom. The summed E-state index contributed by atoms with van der Waals surface area (Å²) in [6, 6.07) is -1.45. The zero-order valence-electron chi connectivity index (χ0n) is 14.2. The second-order valence-corrected chi connectivity index (χ2v) is 6.30. The van der Waals surface area contributed by atoms with Crippen molar-refractivity contribution in [2.75, 3.05) is 6.61 Å². The average molecular weight is 397 g/mol. The summed E-state index contributed by atoms with van der Waals surface area (Å²) in [4.78, 5) is 22.6. The van der Waals surface area contributed by atoms with Crippen LogP contribution in [0.4, 0.5) is 0 Å². The van der Waals surface area contributed by atoms with Crippen LogP contribution in [0.3, 0.4) is 0 Å². The maximum atomic E-state index is 11.4. The van der Waals surface area contributed by atoms with Gasteiger partial charge in [0.1, 0.15) is 42.7 Å². The molecule has 0 aromatic rings. The van der Waals surface area contributed by atoms with Crippen molar-refractivity contribution in [1.82, 2.24) is 5.32 Å². The molecule has 0 aromatic heterocycles. The van der Waals surface area contributed by atoms with Crippen LogP contribution < -0.4 is 5.32 Å². The van der Waals surface area contributed by atoms with E-state index in [9.17, 15) is 45.3 Å². The summed E-state index contributed by atoms with van der Waals surface area (Å²) in [5.74, 6) is -2.27. The van der Waals surface area contributed by atoms with Crippen LogP contribution in [-0.2, 0) is 23.8 Å². The average Bonchev–Trinajstić information content (AvgIpc) is 2.60. The van der Waals surface area contributed by atoms with E-state index >= 15 is 0 Å². The lowest BCUT2D eigenvalue weighted by molar-refractivity contribution is -0.341. The highest BCUT2D eigenvalue weighted by atomic mass is 16.7. The number of carboxylic acid groups (broad SMARTS) is 1. The van der Waals surface area contributed by atoms with Crippen molar-refractivity contribution in [2.45, 2.75) is 68.3 Å². The molecule has 10 atom stereocenters. The van der Waals surface area contributed by atoms with E-state index in [-0.39, 0.29) is 0 Å². The predicted octanol–water partition coefficient (Wildman–Crippen LogP) is -5.16. The van der Waals surface area contributed by atoms with E-state index in [0.29, 0.717) is 0 Å². The largest absolute Gasteiger partial charge is 0.479 e. The summed E-state index contributed by atoms with van der Waals surface area (Å²) in [5, 5.41) is 70.4. The molecule has 2 saturated heterocycles. The molecule has 1 unspecified atom stereocenters. The van der Waals surface area contributed by atoms with Gasteiger partial charge in [0.05, 0.1) is 6.61 Å². The van der Waals surface area contributed by atoms with Gasteiger partial charge in [-0.15, -0.1) is 0 Å². The topological polar surface area (TPSA) is 215 Å². The lowest BCUT2D eigenvalue weighted by Crippen LogP contribution is -2.67. The summed E-state index contributed by atoms with van der Waals surface area (Å²) in [6.45, 7) is 0.348. The number of carboxylic acids is 1. The first-order valence-electron chi connectivity index (χ1n) is 8.06. The second-order valence-electron chi connectivity index (χ2n) is 6.30. The molecule has 0 aliphatic carbocycles. The summed E-state index contributed by atoms with van der Waals surface area (Å²) >= 11 is 0. The van der Waals surface area contributed by atoms with Crippen LogP contribution in [0.15, 0.2) is 0 Å². The molecule has 1 amide bonds. The molecule has 0 aromatic carbocycles. The van der Waals surface area contributed by atoms with Gasteiger partial charge in [-0.1, -0.05) is 0 Å². The molecule has 13 heteroatoms. The lowest BCUT2D eigenvalue weighted by Gasteiger charge is -2.45. The molecule has 2 aliphatic rings. The third-order valence-electron chi connectivity index (χ3n) is 4.35. The molecular formula is C14H23NO12. The Labute approximate surface area is 152 Å². The van der Waals surface area contributed by atoms with E-state index in [2.05, 4.69) is 5.32 Å². The number of carbonyl (C=O) groups is 2. The van der Waals surface area contributed by atoms with Gasteiger partial charge >= 0.3 is 5.97 Å². The first-order chi connectivity index (χ1) is 12.6. The molecule has 27 heavy (non-hydrogen) atoms. The maximum Gasteiger partial charge on any atom is 0.335 e. The van der Waals surface area contributed by atoms with E-state index < -0.39 is 79.8 Å². The first kappa shape index (κ1) is 21.9. The number of hydrogen-bond acceptors (Lipinski definition) is 11. The smallest absolute Gasteiger partial charge is 0.335 e. The van der Waals surface area contributed by atoms with Gasteiger partial charge in [0.25, 0.3) is 0 Å². The van der Waals surface area contributed by atoms with E-state index in [4.69, 9.17) is 14.2 Å². The van der Waals surface area contributed by atoms with Crippen LogP contribution in [0.5, 0.6) is 0 Å². The number of ether oxygens (including phenoxy) is 3. The molecular weight excluding hydrogens is 374 g/mol. The summed E-state index contributed by atoms with van der Waals surface area (Å²) in [7, 11) is 0. The monoisotopic (exact) mass is 397 g/mol. The van der Waals surface area contributed by atoms with Gasteiger partial charge in [0.15, 0.2) is 18.7 Å². The van der Waals surface area contributed by atoms with Gasteiger partial charge in [-0.05, 0) is 0 Å². The van der Waals surface area contributed by atoms with Crippen molar-refractivity contribution in [3.63, 3.8) is 0 Å². The van der Waals surface area contributed by atoms with Gasteiger partial charge < -0.3 is 55.3 Å². The zero-order chi connectivity index (χ0) is 20.5. The van der Waals surface area contributed by atoms with Gasteiger partial charge in [0.2, 0.25) is 5.91 Å². The number of rotatable bonds is 5. The highest BCUT2D eigenvalue weighted by Crippen LogP contribution is 2.28. The fraction of sp³-hybridized carbons (Fsp3) is 0.857. The number of aliphatic hydroxyl groups is 6. The van der Waals surface area contributed by atoms with Crippen LogP contribution in [0.1, 0.15) is 6.92 Å². The second kappa shape index (κ2) is 8.72. The van der Waals surface area contributed by atoms with E-state index in [1.165, 1.54) is 0 Å². The van der Waals surface area contributed by atoms with Crippen LogP contribution in [0, 0.1) is 0 Å². The normalized spacial score (nSPS) is 45.3. The van der Waals surface area contributed by atoms with Crippen molar-refractivity contribution < 1.29 is 59.5 Å². The van der Waals surface area contributed by atoms with Gasteiger partial charge in [-0.3, -0.25) is 4.79 Å². The zero-order valence-corrected chi connectivity index (χ0v) is 14.2. The Hall–Kier alpha value is -1.42. The minimum atomic E-state index is -1.91. The Bertz CT molecular complexity index is 544. The molecule has 2 rings (SSSR count). The van der Waals surface area contributed by atoms with Crippen LogP contribution in [-0.4, -0.2) is 116 Å². The minimum Gasteiger partial charge on any atom is -0.479 e. The van der Waals surface area contributed by atoms with Crippen molar-refractivity contribution in [3.8, 4) is 0 Å². The van der Waals surface area contributed by atoms with Crippen molar-refractivity contribution in [3.05, 3.63) is 0 Å². The number of aliphatic hydroxyl groups excluding tert-OH is 6. The van der Waals surface area contributed by atoms with E-state index in [1.807, 2.05) is 0 Å². The van der Waals surface area contributed by atoms with E-state index in [1.54, 1.807) is 0 Å². The van der Waals surface area contributed by atoms with Crippen molar-refractivity contribution in [2.24, 2.45) is 0 Å². The molecule has 13 nitrogen and oxygen atoms in total. The van der Waals surface area contributed by atoms with E-state index in [0.717, 1.165) is 6.92 Å². The molecule has 0 spiro atoms. The third kappa shape index (κ3) is 4.53. The Morgan fingerprint density at radius 3 is 2.15 bits per heavy atom. The molecule has 0 saturated carbocycles. The fourth-order valence-corrected chi connectivity index (χ4v) is 2.94. The number of hydrogen-bond donors (Lipinski definition) is 8. The van der Waals surface area contributed by atoms with Crippen LogP contribution in [0.25, 0.3) is 0 Å². The maximum absolute atomic E-state index is 11.4. The standard InChI is InChI=1S/C14H23NO12/c1-3(17)15-5-7(19)10(11(12(22)23)26-13(5)24)27-14-9(21)8(20)6(18)4(2-16)25-14/h4-11,13-14,16,18-21,24H,2H2,1H3,(H,15,17)(H,22,23)/t4-,5-,6+,7-,8+,9-,10+,11+,13?,14+/m1/s1. The van der Waals surface area contributed by atoms with Gasteiger partial charge in [0, 0.05) is 6.92 Å². The van der Waals surface area contributed by atoms with Crippen molar-refractivity contribution >= 4 is 11.9 Å². The highest BCUT2D eigenvalue weighted by molar-refractivity contribution is 5.74. The number of aliphatic carboxylic acids is 1. The Morgan fingerprint density at radius 2 is 1.63 bits per heavy atom. The first-order valence-corrected chi connectivity index (χ1v) is 8.06. The van der Waals surface area contributed by atoms with Crippen molar-refractivity contribution in [1.29, 1.82) is 0 Å². The highest BCUT2D eigenvalue weighted by Gasteiger charge is 2.52. The summed E-state index contributed by atoms with van der Waals surface area (Å²) < 4.78 is 15.3. The minimum absolute atomic E-state index is 0.651. The fourth-order valence-electron chi connectivity index (χ4n) is 2.94. The molecule has 8 N–H and O–H groups in total. The molecule has 0 bridgehead atoms. The SMILES string of the molecule is CC(=O)N[C@H]1C(O)O[C@H](C(=O)O)[C@@H](O[C@@H]2O[C@H](CO)[C@H](O)[C@H](O)[C@H]2O)[C@@H]1O. The molecule has 156 valence electrons. The van der Waals surface area contributed by atoms with Gasteiger partial charge in [-0.25, -0.2) is 4.79 Å². The Balaban J connectivity index is 2.23. The van der Waals surface area contributed by atoms with Gasteiger partial charge in [-0.2, -0.15) is 0 Å².